The Morgan fingerprint density at radius 1 is 0.500 bits per heavy atom. The van der Waals surface area contributed by atoms with E-state index in [-0.39, 0.29) is 24.9 Å². The van der Waals surface area contributed by atoms with Crippen LogP contribution in [0.15, 0.2) is 48.6 Å². The van der Waals surface area contributed by atoms with Crippen molar-refractivity contribution >= 4 is 11.9 Å². The number of hydrogen-bond acceptors (Lipinski definition) is 5. The molecule has 3 N–H and O–H groups in total. The first-order chi connectivity index (χ1) is 29.5. The lowest BCUT2D eigenvalue weighted by atomic mass is 10.0. The third kappa shape index (κ3) is 42.5. The summed E-state index contributed by atoms with van der Waals surface area (Å²) in [7, 11) is 0. The maximum Gasteiger partial charge on any atom is 0.306 e. The molecule has 0 aromatic carbocycles. The number of allylic oxidation sites excluding steroid dienone is 8. The first-order valence-corrected chi connectivity index (χ1v) is 25.9. The van der Waals surface area contributed by atoms with Gasteiger partial charge in [-0.05, 0) is 83.5 Å². The summed E-state index contributed by atoms with van der Waals surface area (Å²) in [5, 5.41) is 23.7. The monoisotopic (exact) mass is 842 g/mol. The molecule has 0 aromatic heterocycles. The van der Waals surface area contributed by atoms with Crippen molar-refractivity contribution in [3.05, 3.63) is 48.6 Å². The molecule has 3 unspecified atom stereocenters. The second kappa shape index (κ2) is 47.9. The van der Waals surface area contributed by atoms with E-state index in [4.69, 9.17) is 4.74 Å². The van der Waals surface area contributed by atoms with Crippen LogP contribution in [0.3, 0.4) is 0 Å². The molecule has 0 rings (SSSR count). The van der Waals surface area contributed by atoms with E-state index in [1.54, 1.807) is 0 Å². The number of ether oxygens (including phenoxy) is 1. The van der Waals surface area contributed by atoms with Gasteiger partial charge >= 0.3 is 5.97 Å². The van der Waals surface area contributed by atoms with Gasteiger partial charge in [-0.25, -0.2) is 0 Å². The van der Waals surface area contributed by atoms with Crippen molar-refractivity contribution in [2.24, 2.45) is 0 Å². The second-order valence-corrected chi connectivity index (χ2v) is 17.6. The largest absolute Gasteiger partial charge is 0.462 e. The average molecular weight is 842 g/mol. The molecular weight excluding hydrogens is 743 g/mol. The Kier molecular flexibility index (Phi) is 46.1. The van der Waals surface area contributed by atoms with Gasteiger partial charge < -0.3 is 20.3 Å². The summed E-state index contributed by atoms with van der Waals surface area (Å²) in [4.78, 5) is 26.1. The van der Waals surface area contributed by atoms with Crippen molar-refractivity contribution < 1.29 is 24.5 Å². The Labute approximate surface area is 372 Å². The minimum absolute atomic E-state index is 0.0612. The predicted octanol–water partition coefficient (Wildman–Crippen LogP) is 15.5. The summed E-state index contributed by atoms with van der Waals surface area (Å²) >= 11 is 0. The SMILES string of the molecule is CCCCC/C=C\C/C=C\CCCCCCCCCC(=O)OC(CCCCCC/C=C/C=C/CCCCC)CC(=O)NC(CO)C(O)CCCCCCCCCCCCC. The second-order valence-electron chi connectivity index (χ2n) is 17.6. The van der Waals surface area contributed by atoms with Gasteiger partial charge in [-0.15, -0.1) is 0 Å². The maximum absolute atomic E-state index is 13.2. The lowest BCUT2D eigenvalue weighted by Crippen LogP contribution is -2.46. The number of carbonyl (C=O) groups excluding carboxylic acids is 2. The quantitative estimate of drug-likeness (QED) is 0.0246. The molecular formula is C54H99NO5. The van der Waals surface area contributed by atoms with Gasteiger partial charge in [0.05, 0.1) is 25.2 Å². The summed E-state index contributed by atoms with van der Waals surface area (Å²) in [6.45, 7) is 6.42. The normalized spacial score (nSPS) is 13.6. The predicted molar refractivity (Wildman–Crippen MR) is 259 cm³/mol. The minimum atomic E-state index is -0.793. The third-order valence-corrected chi connectivity index (χ3v) is 11.7. The first kappa shape index (κ1) is 57.8. The Morgan fingerprint density at radius 2 is 0.900 bits per heavy atom. The molecule has 0 saturated heterocycles. The number of rotatable bonds is 46. The fourth-order valence-electron chi connectivity index (χ4n) is 7.69. The smallest absolute Gasteiger partial charge is 0.306 e. The standard InChI is InChI=1S/C54H99NO5/c1-4-7-10-13-16-19-22-24-25-26-27-29-32-35-38-41-44-47-54(59)60-50(45-42-39-36-33-31-28-23-20-17-14-11-8-5-2)48-53(58)55-51(49-56)52(57)46-43-40-37-34-30-21-18-15-12-9-6-3/h16-17,19-20,23-25,28,50-52,56-57H,4-15,18,21-22,26-27,29-49H2,1-3H3,(H,55,58)/b19-16-,20-17+,25-24-,28-23+. The van der Waals surface area contributed by atoms with Crippen LogP contribution < -0.4 is 5.32 Å². The van der Waals surface area contributed by atoms with Gasteiger partial charge in [0.25, 0.3) is 0 Å². The van der Waals surface area contributed by atoms with Crippen LogP contribution in [-0.4, -0.2) is 46.9 Å². The molecule has 0 aliphatic heterocycles. The van der Waals surface area contributed by atoms with Crippen LogP contribution in [-0.2, 0) is 14.3 Å². The zero-order valence-electron chi connectivity index (χ0n) is 39.8. The fourth-order valence-corrected chi connectivity index (χ4v) is 7.69. The number of nitrogens with one attached hydrogen (secondary N) is 1. The number of carbonyl (C=O) groups is 2. The molecule has 0 aromatic rings. The highest BCUT2D eigenvalue weighted by molar-refractivity contribution is 5.77. The Morgan fingerprint density at radius 3 is 1.40 bits per heavy atom. The van der Waals surface area contributed by atoms with Crippen LogP contribution in [0.4, 0.5) is 0 Å². The van der Waals surface area contributed by atoms with Gasteiger partial charge in [-0.3, -0.25) is 9.59 Å². The van der Waals surface area contributed by atoms with E-state index >= 15 is 0 Å². The summed E-state index contributed by atoms with van der Waals surface area (Å²) in [6.07, 6.45) is 57.4. The van der Waals surface area contributed by atoms with Gasteiger partial charge in [-0.1, -0.05) is 211 Å². The van der Waals surface area contributed by atoms with Gasteiger partial charge in [0.1, 0.15) is 6.10 Å². The van der Waals surface area contributed by atoms with Gasteiger partial charge in [0.15, 0.2) is 0 Å². The summed E-state index contributed by atoms with van der Waals surface area (Å²) in [5.74, 6) is -0.499. The molecule has 0 spiro atoms. The summed E-state index contributed by atoms with van der Waals surface area (Å²) in [5.41, 5.74) is 0. The molecule has 0 bridgehead atoms. The lowest BCUT2D eigenvalue weighted by molar-refractivity contribution is -0.151. The third-order valence-electron chi connectivity index (χ3n) is 11.7. The average Bonchev–Trinajstić information content (AvgIpc) is 3.24. The van der Waals surface area contributed by atoms with Crippen molar-refractivity contribution in [2.45, 2.75) is 277 Å². The molecule has 0 aliphatic rings. The molecule has 0 saturated carbocycles. The Hall–Kier alpha value is -2.18. The van der Waals surface area contributed by atoms with Gasteiger partial charge in [0, 0.05) is 6.42 Å². The number of aliphatic hydroxyl groups excluding tert-OH is 2. The zero-order chi connectivity index (χ0) is 43.8. The minimum Gasteiger partial charge on any atom is -0.462 e. The van der Waals surface area contributed by atoms with Crippen LogP contribution >= 0.6 is 0 Å². The van der Waals surface area contributed by atoms with Crippen molar-refractivity contribution in [3.63, 3.8) is 0 Å². The van der Waals surface area contributed by atoms with E-state index in [9.17, 15) is 19.8 Å². The number of amides is 1. The molecule has 0 radical (unpaired) electrons. The highest BCUT2D eigenvalue weighted by Gasteiger charge is 2.24. The van der Waals surface area contributed by atoms with Crippen molar-refractivity contribution in [3.8, 4) is 0 Å². The van der Waals surface area contributed by atoms with Crippen LogP contribution in [0.25, 0.3) is 0 Å². The lowest BCUT2D eigenvalue weighted by Gasteiger charge is -2.24. The fraction of sp³-hybridized carbons (Fsp3) is 0.815. The summed E-state index contributed by atoms with van der Waals surface area (Å²) in [6, 6.07) is -0.708. The van der Waals surface area contributed by atoms with Crippen LogP contribution in [0.2, 0.25) is 0 Å². The van der Waals surface area contributed by atoms with Crippen LogP contribution in [0.1, 0.15) is 258 Å². The van der Waals surface area contributed by atoms with E-state index in [0.717, 1.165) is 89.9 Å². The number of hydrogen-bond donors (Lipinski definition) is 3. The summed E-state index contributed by atoms with van der Waals surface area (Å²) < 4.78 is 5.92. The number of unbranched alkanes of at least 4 members (excludes halogenated alkanes) is 27. The first-order valence-electron chi connectivity index (χ1n) is 25.9. The van der Waals surface area contributed by atoms with E-state index in [1.165, 1.54) is 122 Å². The highest BCUT2D eigenvalue weighted by atomic mass is 16.5. The molecule has 0 fully saturated rings. The van der Waals surface area contributed by atoms with E-state index in [1.807, 2.05) is 0 Å². The number of aliphatic hydroxyl groups is 2. The molecule has 0 aliphatic carbocycles. The molecule has 60 heavy (non-hydrogen) atoms. The Balaban J connectivity index is 4.59. The number of esters is 1. The van der Waals surface area contributed by atoms with Crippen molar-refractivity contribution in [2.75, 3.05) is 6.61 Å². The molecule has 350 valence electrons. The van der Waals surface area contributed by atoms with Crippen LogP contribution in [0, 0.1) is 0 Å². The van der Waals surface area contributed by atoms with Gasteiger partial charge in [0.2, 0.25) is 5.91 Å². The van der Waals surface area contributed by atoms with E-state index < -0.39 is 18.2 Å². The van der Waals surface area contributed by atoms with E-state index in [2.05, 4.69) is 74.7 Å². The van der Waals surface area contributed by atoms with Gasteiger partial charge in [-0.2, -0.15) is 0 Å². The molecule has 3 atom stereocenters. The Bertz CT molecular complexity index is 1040. The van der Waals surface area contributed by atoms with Crippen molar-refractivity contribution in [1.82, 2.24) is 5.32 Å². The molecule has 1 amide bonds. The van der Waals surface area contributed by atoms with Crippen LogP contribution in [0.5, 0.6) is 0 Å². The van der Waals surface area contributed by atoms with Crippen molar-refractivity contribution in [1.29, 1.82) is 0 Å². The zero-order valence-corrected chi connectivity index (χ0v) is 39.8. The van der Waals surface area contributed by atoms with E-state index in [0.29, 0.717) is 19.3 Å². The maximum atomic E-state index is 13.2. The molecule has 0 heterocycles. The molecule has 6 nitrogen and oxygen atoms in total. The molecule has 6 heteroatoms. The highest BCUT2D eigenvalue weighted by Crippen LogP contribution is 2.17. The topological polar surface area (TPSA) is 95.9 Å².